The molecule has 0 radical (unpaired) electrons. The molecule has 1 rings (SSSR count). The summed E-state index contributed by atoms with van der Waals surface area (Å²) in [5, 5.41) is 11.8. The van der Waals surface area contributed by atoms with Gasteiger partial charge in [0.05, 0.1) is 0 Å². The van der Waals surface area contributed by atoms with Gasteiger partial charge in [-0.3, -0.25) is 4.79 Å². The van der Waals surface area contributed by atoms with Gasteiger partial charge in [-0.25, -0.2) is 4.79 Å². The third-order valence-corrected chi connectivity index (χ3v) is 4.33. The number of carboxylic acid groups (broad SMARTS) is 1. The average Bonchev–Trinajstić information content (AvgIpc) is 2.93. The van der Waals surface area contributed by atoms with Gasteiger partial charge in [0, 0.05) is 12.6 Å². The van der Waals surface area contributed by atoms with Gasteiger partial charge >= 0.3 is 12.0 Å². The topological polar surface area (TPSA) is 69.6 Å². The summed E-state index contributed by atoms with van der Waals surface area (Å²) in [6.07, 6.45) is 9.33. The van der Waals surface area contributed by atoms with Crippen LogP contribution in [0.1, 0.15) is 44.9 Å². The fraction of sp³-hybridized carbons (Fsp3) is 0.857. The first-order chi connectivity index (χ1) is 9.65. The Kier molecular flexibility index (Phi) is 8.49. The van der Waals surface area contributed by atoms with Gasteiger partial charge in [0.15, 0.2) is 0 Å². The SMILES string of the molecule is CSCCCCCNC(=O)N(CC(=O)O)C1CCCC1. The largest absolute Gasteiger partial charge is 0.480 e. The van der Waals surface area contributed by atoms with Crippen LogP contribution in [-0.2, 0) is 4.79 Å². The summed E-state index contributed by atoms with van der Waals surface area (Å²) in [5.41, 5.74) is 0. The summed E-state index contributed by atoms with van der Waals surface area (Å²) in [6, 6.07) is -0.119. The van der Waals surface area contributed by atoms with Crippen molar-refractivity contribution in [1.82, 2.24) is 10.2 Å². The number of carbonyl (C=O) groups is 2. The number of nitrogens with one attached hydrogen (secondary N) is 1. The molecule has 0 aromatic heterocycles. The highest BCUT2D eigenvalue weighted by Crippen LogP contribution is 2.23. The number of amides is 2. The van der Waals surface area contributed by atoms with Crippen LogP contribution in [-0.4, -0.2) is 53.1 Å². The zero-order valence-electron chi connectivity index (χ0n) is 12.3. The second-order valence-electron chi connectivity index (χ2n) is 5.25. The van der Waals surface area contributed by atoms with E-state index in [1.54, 1.807) is 0 Å². The molecule has 0 saturated heterocycles. The lowest BCUT2D eigenvalue weighted by Gasteiger charge is -2.27. The Bertz CT molecular complexity index is 307. The van der Waals surface area contributed by atoms with Gasteiger partial charge < -0.3 is 15.3 Å². The van der Waals surface area contributed by atoms with Crippen LogP contribution >= 0.6 is 11.8 Å². The maximum Gasteiger partial charge on any atom is 0.323 e. The Morgan fingerprint density at radius 1 is 1.25 bits per heavy atom. The number of hydrogen-bond donors (Lipinski definition) is 2. The number of rotatable bonds is 9. The quantitative estimate of drug-likeness (QED) is 0.642. The molecule has 1 aliphatic carbocycles. The normalized spacial score (nSPS) is 15.2. The average molecular weight is 302 g/mol. The lowest BCUT2D eigenvalue weighted by Crippen LogP contribution is -2.47. The number of hydrogen-bond acceptors (Lipinski definition) is 3. The molecule has 2 amide bonds. The highest BCUT2D eigenvalue weighted by atomic mass is 32.2. The van der Waals surface area contributed by atoms with E-state index >= 15 is 0 Å². The third kappa shape index (κ3) is 6.50. The van der Waals surface area contributed by atoms with Crippen molar-refractivity contribution < 1.29 is 14.7 Å². The Morgan fingerprint density at radius 2 is 1.95 bits per heavy atom. The standard InChI is InChI=1S/C14H26N2O3S/c1-20-10-6-2-5-9-15-14(19)16(11-13(17)18)12-7-3-4-8-12/h12H,2-11H2,1H3,(H,15,19)(H,17,18). The Balaban J connectivity index is 2.29. The molecule has 0 aromatic carbocycles. The van der Waals surface area contributed by atoms with Crippen LogP contribution < -0.4 is 5.32 Å². The monoisotopic (exact) mass is 302 g/mol. The molecule has 0 spiro atoms. The zero-order chi connectivity index (χ0) is 14.8. The van der Waals surface area contributed by atoms with Gasteiger partial charge in [0.25, 0.3) is 0 Å². The summed E-state index contributed by atoms with van der Waals surface area (Å²) in [7, 11) is 0. The fourth-order valence-electron chi connectivity index (χ4n) is 2.57. The smallest absolute Gasteiger partial charge is 0.323 e. The molecule has 0 unspecified atom stereocenters. The second kappa shape index (κ2) is 9.91. The van der Waals surface area contributed by atoms with Gasteiger partial charge in [-0.15, -0.1) is 0 Å². The molecule has 2 N–H and O–H groups in total. The molecule has 6 heteroatoms. The molecule has 1 saturated carbocycles. The Morgan fingerprint density at radius 3 is 2.55 bits per heavy atom. The molecule has 5 nitrogen and oxygen atoms in total. The van der Waals surface area contributed by atoms with Crippen LogP contribution in [0, 0.1) is 0 Å². The minimum atomic E-state index is -0.938. The van der Waals surface area contributed by atoms with E-state index in [-0.39, 0.29) is 18.6 Å². The van der Waals surface area contributed by atoms with Crippen LogP contribution in [0.25, 0.3) is 0 Å². The zero-order valence-corrected chi connectivity index (χ0v) is 13.1. The molecular weight excluding hydrogens is 276 g/mol. The third-order valence-electron chi connectivity index (χ3n) is 3.63. The summed E-state index contributed by atoms with van der Waals surface area (Å²) >= 11 is 1.83. The molecule has 20 heavy (non-hydrogen) atoms. The van der Waals surface area contributed by atoms with Crippen LogP contribution in [0.5, 0.6) is 0 Å². The first kappa shape index (κ1) is 17.1. The van der Waals surface area contributed by atoms with E-state index in [0.717, 1.165) is 44.3 Å². The van der Waals surface area contributed by atoms with Crippen molar-refractivity contribution >= 4 is 23.8 Å². The number of unbranched alkanes of at least 4 members (excludes halogenated alkanes) is 2. The van der Waals surface area contributed by atoms with Crippen LogP contribution in [0.15, 0.2) is 0 Å². The van der Waals surface area contributed by atoms with E-state index in [2.05, 4.69) is 11.6 Å². The second-order valence-corrected chi connectivity index (χ2v) is 6.23. The maximum absolute atomic E-state index is 12.1. The van der Waals surface area contributed by atoms with E-state index in [1.165, 1.54) is 11.3 Å². The minimum Gasteiger partial charge on any atom is -0.480 e. The summed E-state index contributed by atoms with van der Waals surface area (Å²) < 4.78 is 0. The predicted octanol–water partition coefficient (Wildman–Crippen LogP) is 2.56. The fourth-order valence-corrected chi connectivity index (χ4v) is 3.07. The highest BCUT2D eigenvalue weighted by molar-refractivity contribution is 7.98. The number of thioether (sulfide) groups is 1. The Labute approximate surface area is 125 Å². The number of aliphatic carboxylic acids is 1. The molecule has 0 aromatic rings. The Hall–Kier alpha value is -0.910. The molecular formula is C14H26N2O3S. The molecule has 0 bridgehead atoms. The van der Waals surface area contributed by atoms with Crippen molar-refractivity contribution in [3.05, 3.63) is 0 Å². The van der Waals surface area contributed by atoms with E-state index in [0.29, 0.717) is 6.54 Å². The molecule has 1 aliphatic rings. The molecule has 0 heterocycles. The van der Waals surface area contributed by atoms with Crippen molar-refractivity contribution in [1.29, 1.82) is 0 Å². The number of urea groups is 1. The van der Waals surface area contributed by atoms with Crippen molar-refractivity contribution in [2.45, 2.75) is 51.0 Å². The van der Waals surface area contributed by atoms with Gasteiger partial charge in [0.2, 0.25) is 0 Å². The van der Waals surface area contributed by atoms with Crippen molar-refractivity contribution in [2.75, 3.05) is 25.1 Å². The summed E-state index contributed by atoms with van der Waals surface area (Å²) in [6.45, 7) is 0.443. The van der Waals surface area contributed by atoms with E-state index < -0.39 is 5.97 Å². The van der Waals surface area contributed by atoms with Crippen LogP contribution in [0.3, 0.4) is 0 Å². The number of nitrogens with zero attached hydrogens (tertiary/aromatic N) is 1. The minimum absolute atomic E-state index is 0.0996. The first-order valence-corrected chi connectivity index (χ1v) is 8.79. The maximum atomic E-state index is 12.1. The first-order valence-electron chi connectivity index (χ1n) is 7.40. The highest BCUT2D eigenvalue weighted by Gasteiger charge is 2.27. The molecule has 1 fully saturated rings. The van der Waals surface area contributed by atoms with Gasteiger partial charge in [-0.1, -0.05) is 19.3 Å². The van der Waals surface area contributed by atoms with Crippen LogP contribution in [0.2, 0.25) is 0 Å². The lowest BCUT2D eigenvalue weighted by atomic mass is 10.2. The summed E-state index contributed by atoms with van der Waals surface area (Å²) in [4.78, 5) is 24.5. The molecule has 0 atom stereocenters. The number of carboxylic acids is 1. The number of carbonyl (C=O) groups excluding carboxylic acids is 1. The van der Waals surface area contributed by atoms with E-state index in [1.807, 2.05) is 11.8 Å². The molecule has 116 valence electrons. The predicted molar refractivity (Wildman–Crippen MR) is 82.2 cm³/mol. The summed E-state index contributed by atoms with van der Waals surface area (Å²) in [5.74, 6) is 0.216. The van der Waals surface area contributed by atoms with Gasteiger partial charge in [-0.05, 0) is 37.7 Å². The van der Waals surface area contributed by atoms with Crippen LogP contribution in [0.4, 0.5) is 4.79 Å². The van der Waals surface area contributed by atoms with Crippen molar-refractivity contribution in [3.8, 4) is 0 Å². The van der Waals surface area contributed by atoms with Crippen molar-refractivity contribution in [3.63, 3.8) is 0 Å². The van der Waals surface area contributed by atoms with E-state index in [4.69, 9.17) is 5.11 Å². The molecule has 0 aliphatic heterocycles. The van der Waals surface area contributed by atoms with E-state index in [9.17, 15) is 9.59 Å². The van der Waals surface area contributed by atoms with Crippen molar-refractivity contribution in [2.24, 2.45) is 0 Å². The van der Waals surface area contributed by atoms with Gasteiger partial charge in [0.1, 0.15) is 6.54 Å². The lowest BCUT2D eigenvalue weighted by molar-refractivity contribution is -0.138. The van der Waals surface area contributed by atoms with Gasteiger partial charge in [-0.2, -0.15) is 11.8 Å².